The summed E-state index contributed by atoms with van der Waals surface area (Å²) in [5.41, 5.74) is 7.44. The van der Waals surface area contributed by atoms with Gasteiger partial charge in [-0.25, -0.2) is 5.43 Å². The van der Waals surface area contributed by atoms with Gasteiger partial charge in [-0.05, 0) is 129 Å². The minimum atomic E-state index is -0.287. The van der Waals surface area contributed by atoms with Gasteiger partial charge in [0.05, 0.1) is 12.8 Å². The van der Waals surface area contributed by atoms with Gasteiger partial charge in [0.1, 0.15) is 0 Å². The average Bonchev–Trinajstić information content (AvgIpc) is 2.97. The van der Waals surface area contributed by atoms with Crippen LogP contribution in [0.5, 0.6) is 11.5 Å². The highest BCUT2D eigenvalue weighted by molar-refractivity contribution is 5.95. The molecule has 0 aliphatic heterocycles. The molecule has 4 aliphatic carbocycles. The molecule has 3 aromatic rings. The predicted molar refractivity (Wildman–Crippen MR) is 164 cm³/mol. The number of nitrogens with one attached hydrogen (secondary N) is 2. The van der Waals surface area contributed by atoms with E-state index in [4.69, 9.17) is 9.47 Å². The fraction of sp³-hybridized carbons (Fsp3) is 0.400. The van der Waals surface area contributed by atoms with Gasteiger partial charge in [-0.1, -0.05) is 29.8 Å². The van der Waals surface area contributed by atoms with Crippen LogP contribution in [0.3, 0.4) is 0 Å². The van der Waals surface area contributed by atoms with Gasteiger partial charge in [-0.3, -0.25) is 9.59 Å². The van der Waals surface area contributed by atoms with E-state index in [9.17, 15) is 9.59 Å². The van der Waals surface area contributed by atoms with Crippen LogP contribution >= 0.6 is 0 Å². The van der Waals surface area contributed by atoms with Crippen LogP contribution in [0.2, 0.25) is 0 Å². The Morgan fingerprint density at radius 1 is 0.881 bits per heavy atom. The van der Waals surface area contributed by atoms with Crippen molar-refractivity contribution in [3.8, 4) is 11.5 Å². The maximum atomic E-state index is 12.7. The first-order valence-corrected chi connectivity index (χ1v) is 15.1. The molecule has 2 amide bonds. The quantitative estimate of drug-likeness (QED) is 0.213. The van der Waals surface area contributed by atoms with Crippen LogP contribution in [0.1, 0.15) is 72.5 Å². The van der Waals surface area contributed by atoms with Crippen molar-refractivity contribution in [2.24, 2.45) is 22.9 Å². The first-order valence-electron chi connectivity index (χ1n) is 15.1. The minimum absolute atomic E-state index is 0.142. The van der Waals surface area contributed by atoms with Crippen molar-refractivity contribution in [2.45, 2.75) is 57.8 Å². The lowest BCUT2D eigenvalue weighted by Crippen LogP contribution is -2.48. The van der Waals surface area contributed by atoms with Gasteiger partial charge in [0.25, 0.3) is 11.8 Å². The van der Waals surface area contributed by atoms with Crippen molar-refractivity contribution in [1.82, 2.24) is 5.43 Å². The average molecular weight is 566 g/mol. The number of benzene rings is 3. The first kappa shape index (κ1) is 28.0. The molecule has 0 radical (unpaired) electrons. The van der Waals surface area contributed by atoms with E-state index in [1.54, 1.807) is 30.3 Å². The Morgan fingerprint density at radius 2 is 1.55 bits per heavy atom. The summed E-state index contributed by atoms with van der Waals surface area (Å²) in [5.74, 6) is 3.15. The van der Waals surface area contributed by atoms with E-state index in [0.717, 1.165) is 34.6 Å². The van der Waals surface area contributed by atoms with E-state index >= 15 is 0 Å². The van der Waals surface area contributed by atoms with Gasteiger partial charge in [0, 0.05) is 11.3 Å². The van der Waals surface area contributed by atoms with Gasteiger partial charge >= 0.3 is 0 Å². The van der Waals surface area contributed by atoms with Gasteiger partial charge in [0.15, 0.2) is 18.1 Å². The molecule has 4 fully saturated rings. The number of nitrogens with zero attached hydrogens (tertiary/aromatic N) is 1. The summed E-state index contributed by atoms with van der Waals surface area (Å²) in [5, 5.41) is 7.03. The Hall–Kier alpha value is -4.13. The molecule has 42 heavy (non-hydrogen) atoms. The number of aryl methyl sites for hydroxylation is 1. The highest BCUT2D eigenvalue weighted by Gasteiger charge is 2.51. The van der Waals surface area contributed by atoms with E-state index in [2.05, 4.69) is 28.0 Å². The van der Waals surface area contributed by atoms with E-state index in [0.29, 0.717) is 29.1 Å². The maximum Gasteiger partial charge on any atom is 0.271 e. The zero-order valence-corrected chi connectivity index (χ0v) is 24.4. The predicted octanol–water partition coefficient (Wildman–Crippen LogP) is 6.64. The molecule has 0 saturated heterocycles. The zero-order chi connectivity index (χ0) is 29.1. The Kier molecular flexibility index (Phi) is 8.00. The van der Waals surface area contributed by atoms with Crippen LogP contribution in [0.15, 0.2) is 71.8 Å². The van der Waals surface area contributed by atoms with Crippen molar-refractivity contribution < 1.29 is 19.1 Å². The Labute approximate surface area is 247 Å². The number of hydrogen-bond donors (Lipinski definition) is 2. The summed E-state index contributed by atoms with van der Waals surface area (Å²) in [6, 6.07) is 21.1. The molecule has 0 spiro atoms. The number of carbonyl (C=O) groups excluding carboxylic acids is 2. The minimum Gasteiger partial charge on any atom is -0.490 e. The third-order valence-electron chi connectivity index (χ3n) is 9.14. The smallest absolute Gasteiger partial charge is 0.271 e. The van der Waals surface area contributed by atoms with Gasteiger partial charge in [0.2, 0.25) is 0 Å². The van der Waals surface area contributed by atoms with Crippen molar-refractivity contribution in [3.63, 3.8) is 0 Å². The van der Waals surface area contributed by atoms with Crippen LogP contribution in [0.4, 0.5) is 5.69 Å². The van der Waals surface area contributed by atoms with E-state index in [-0.39, 0.29) is 18.4 Å². The topological polar surface area (TPSA) is 89.0 Å². The largest absolute Gasteiger partial charge is 0.490 e. The number of ether oxygens (including phenoxy) is 2. The lowest BCUT2D eigenvalue weighted by atomic mass is 9.48. The van der Waals surface area contributed by atoms with Crippen LogP contribution < -0.4 is 20.2 Å². The van der Waals surface area contributed by atoms with Crippen molar-refractivity contribution >= 4 is 23.7 Å². The third kappa shape index (κ3) is 6.20. The van der Waals surface area contributed by atoms with E-state index in [1.165, 1.54) is 50.3 Å². The van der Waals surface area contributed by atoms with Crippen molar-refractivity contribution in [3.05, 3.63) is 89.0 Å². The molecule has 4 bridgehead atoms. The second-order valence-corrected chi connectivity index (χ2v) is 12.3. The lowest BCUT2D eigenvalue weighted by molar-refractivity contribution is -0.118. The molecule has 3 aromatic carbocycles. The highest BCUT2D eigenvalue weighted by atomic mass is 16.5. The van der Waals surface area contributed by atoms with Gasteiger partial charge < -0.3 is 14.8 Å². The molecule has 7 nitrogen and oxygen atoms in total. The van der Waals surface area contributed by atoms with Crippen molar-refractivity contribution in [2.75, 3.05) is 18.5 Å². The normalized spacial score (nSPS) is 24.0. The molecule has 0 atom stereocenters. The van der Waals surface area contributed by atoms with E-state index in [1.807, 2.05) is 38.1 Å². The molecule has 4 aliphatic rings. The third-order valence-corrected chi connectivity index (χ3v) is 9.14. The second-order valence-electron chi connectivity index (χ2n) is 12.3. The number of anilines is 1. The number of rotatable bonds is 10. The van der Waals surface area contributed by atoms with Crippen LogP contribution in [-0.4, -0.2) is 31.2 Å². The number of carbonyl (C=O) groups is 2. The monoisotopic (exact) mass is 565 g/mol. The van der Waals surface area contributed by atoms with Crippen LogP contribution in [0, 0.1) is 24.7 Å². The lowest BCUT2D eigenvalue weighted by Gasteiger charge is -2.57. The van der Waals surface area contributed by atoms with Crippen LogP contribution in [-0.2, 0) is 10.2 Å². The molecular weight excluding hydrogens is 526 g/mol. The number of hydrazone groups is 1. The molecule has 0 heterocycles. The van der Waals surface area contributed by atoms with Crippen molar-refractivity contribution in [1.29, 1.82) is 0 Å². The maximum absolute atomic E-state index is 12.7. The first-order chi connectivity index (χ1) is 20.4. The molecule has 218 valence electrons. The Balaban J connectivity index is 1.03. The number of hydrogen-bond acceptors (Lipinski definition) is 5. The second kappa shape index (κ2) is 12.0. The zero-order valence-electron chi connectivity index (χ0n) is 24.4. The van der Waals surface area contributed by atoms with Gasteiger partial charge in [-0.2, -0.15) is 5.10 Å². The Morgan fingerprint density at radius 3 is 2.19 bits per heavy atom. The summed E-state index contributed by atoms with van der Waals surface area (Å²) in [6.07, 6.45) is 9.82. The molecule has 2 N–H and O–H groups in total. The standard InChI is InChI=1S/C35H39N3O4/c1-3-41-32-17-24(21-36-38-34(40)28-7-4-23(2)5-8-28)6-13-31(32)42-22-33(39)37-30-11-9-29(10-12-30)35-18-25-14-26(19-35)16-27(15-25)20-35/h4-13,17,21,25-27H,3,14-16,18-20,22H2,1-2H3,(H,37,39)(H,38,40)/b36-21+. The van der Waals surface area contributed by atoms with Crippen LogP contribution in [0.25, 0.3) is 0 Å². The summed E-state index contributed by atoms with van der Waals surface area (Å²) >= 11 is 0. The fourth-order valence-electron chi connectivity index (χ4n) is 7.64. The molecule has 7 rings (SSSR count). The summed E-state index contributed by atoms with van der Waals surface area (Å²) in [4.78, 5) is 25.0. The molecule has 0 aromatic heterocycles. The summed E-state index contributed by atoms with van der Waals surface area (Å²) < 4.78 is 11.6. The molecule has 7 heteroatoms. The SMILES string of the molecule is CCOc1cc(/C=N/NC(=O)c2ccc(C)cc2)ccc1OCC(=O)Nc1ccc(C23CC4CC(CC(C4)C2)C3)cc1. The summed E-state index contributed by atoms with van der Waals surface area (Å²) in [7, 11) is 0. The molecule has 4 saturated carbocycles. The summed E-state index contributed by atoms with van der Waals surface area (Å²) in [6.45, 7) is 4.14. The van der Waals surface area contributed by atoms with Gasteiger partial charge in [-0.15, -0.1) is 0 Å². The number of amides is 2. The highest BCUT2D eigenvalue weighted by Crippen LogP contribution is 2.60. The fourth-order valence-corrected chi connectivity index (χ4v) is 7.64. The van der Waals surface area contributed by atoms with E-state index < -0.39 is 0 Å². The Bertz CT molecular complexity index is 1430. The molecule has 0 unspecified atom stereocenters. The molecular formula is C35H39N3O4.